The van der Waals surface area contributed by atoms with E-state index in [4.69, 9.17) is 10.2 Å². The Kier molecular flexibility index (Phi) is 17.9. The number of carbonyl (C=O) groups is 2. The first-order valence-corrected chi connectivity index (χ1v) is 7.98. The largest absolute Gasteiger partial charge is 0.481 e. The number of rotatable bonds is 12. The smallest absolute Gasteiger partial charge is 0.317 e. The van der Waals surface area contributed by atoms with E-state index in [1.54, 1.807) is 19.0 Å². The average molecular weight is 303 g/mol. The topological polar surface area (TPSA) is 77.8 Å². The van der Waals surface area contributed by atoms with Gasteiger partial charge in [-0.15, -0.1) is 0 Å². The van der Waals surface area contributed by atoms with Crippen LogP contribution in [0.4, 0.5) is 0 Å². The van der Waals surface area contributed by atoms with E-state index in [0.29, 0.717) is 6.42 Å². The third kappa shape index (κ3) is 27.9. The molecule has 0 radical (unpaired) electrons. The minimum atomic E-state index is -0.787. The molecule has 0 bridgehead atoms. The molecule has 0 heterocycles. The summed E-state index contributed by atoms with van der Waals surface area (Å²) in [5.41, 5.74) is 0. The average Bonchev–Trinajstić information content (AvgIpc) is 2.35. The molecule has 0 saturated carbocycles. The Labute approximate surface area is 129 Å². The fraction of sp³-hybridized carbons (Fsp3) is 0.875. The van der Waals surface area contributed by atoms with Gasteiger partial charge in [0.15, 0.2) is 0 Å². The van der Waals surface area contributed by atoms with E-state index in [0.717, 1.165) is 12.8 Å². The van der Waals surface area contributed by atoms with Crippen LogP contribution in [-0.4, -0.2) is 47.7 Å². The van der Waals surface area contributed by atoms with Crippen LogP contribution in [0.2, 0.25) is 0 Å². The highest BCUT2D eigenvalue weighted by molar-refractivity contribution is 5.68. The molecule has 0 aromatic heterocycles. The van der Waals surface area contributed by atoms with Crippen molar-refractivity contribution in [3.05, 3.63) is 0 Å². The summed E-state index contributed by atoms with van der Waals surface area (Å²) in [6.45, 7) is 2.34. The number of hydrogen-bond acceptors (Lipinski definition) is 3. The van der Waals surface area contributed by atoms with Gasteiger partial charge in [0.2, 0.25) is 0 Å². The van der Waals surface area contributed by atoms with E-state index in [2.05, 4.69) is 6.92 Å². The summed E-state index contributed by atoms with van der Waals surface area (Å²) in [4.78, 5) is 21.6. The van der Waals surface area contributed by atoms with Crippen molar-refractivity contribution in [1.82, 2.24) is 4.90 Å². The molecule has 21 heavy (non-hydrogen) atoms. The van der Waals surface area contributed by atoms with Gasteiger partial charge in [0.1, 0.15) is 0 Å². The van der Waals surface area contributed by atoms with Gasteiger partial charge in [0.25, 0.3) is 0 Å². The van der Waals surface area contributed by atoms with Gasteiger partial charge in [-0.25, -0.2) is 0 Å². The third-order valence-electron chi connectivity index (χ3n) is 2.95. The lowest BCUT2D eigenvalue weighted by atomic mass is 10.1. The van der Waals surface area contributed by atoms with Crippen LogP contribution in [0.5, 0.6) is 0 Å². The van der Waals surface area contributed by atoms with Gasteiger partial charge in [-0.1, -0.05) is 58.3 Å². The summed E-state index contributed by atoms with van der Waals surface area (Å²) in [6.07, 6.45) is 11.5. The summed E-state index contributed by atoms with van der Waals surface area (Å²) < 4.78 is 0. The predicted octanol–water partition coefficient (Wildman–Crippen LogP) is 3.62. The van der Waals surface area contributed by atoms with Crippen molar-refractivity contribution < 1.29 is 19.8 Å². The summed E-state index contributed by atoms with van der Waals surface area (Å²) in [6, 6.07) is 0. The Balaban J connectivity index is 0. The number of aliphatic carboxylic acids is 2. The van der Waals surface area contributed by atoms with Crippen molar-refractivity contribution >= 4 is 11.9 Å². The number of carboxylic acid groups (broad SMARTS) is 2. The van der Waals surface area contributed by atoms with E-state index in [1.165, 1.54) is 44.9 Å². The Morgan fingerprint density at radius 1 is 0.762 bits per heavy atom. The molecule has 0 aromatic carbocycles. The van der Waals surface area contributed by atoms with E-state index in [-0.39, 0.29) is 6.54 Å². The van der Waals surface area contributed by atoms with Gasteiger partial charge in [-0.05, 0) is 20.5 Å². The minimum absolute atomic E-state index is 0.111. The highest BCUT2D eigenvalue weighted by Gasteiger charge is 1.96. The second-order valence-corrected chi connectivity index (χ2v) is 5.60. The van der Waals surface area contributed by atoms with Crippen molar-refractivity contribution in [3.63, 3.8) is 0 Å². The summed E-state index contributed by atoms with van der Waals surface area (Å²) in [7, 11) is 3.43. The molecule has 5 heteroatoms. The second-order valence-electron chi connectivity index (χ2n) is 5.60. The SMILES string of the molecule is CCCCCCCCCCCC(=O)O.CN(C)CC(=O)O. The lowest BCUT2D eigenvalue weighted by Crippen LogP contribution is -2.20. The lowest BCUT2D eigenvalue weighted by molar-refractivity contribution is -0.138. The molecule has 0 atom stereocenters. The lowest BCUT2D eigenvalue weighted by Gasteiger charge is -2.01. The maximum absolute atomic E-state index is 10.2. The van der Waals surface area contributed by atoms with Crippen molar-refractivity contribution in [2.24, 2.45) is 0 Å². The fourth-order valence-electron chi connectivity index (χ4n) is 1.86. The molecule has 0 amide bonds. The van der Waals surface area contributed by atoms with Gasteiger partial charge in [-0.3, -0.25) is 14.5 Å². The zero-order valence-corrected chi connectivity index (χ0v) is 13.9. The third-order valence-corrected chi connectivity index (χ3v) is 2.95. The van der Waals surface area contributed by atoms with Crippen LogP contribution in [0.3, 0.4) is 0 Å². The van der Waals surface area contributed by atoms with E-state index in [9.17, 15) is 9.59 Å². The van der Waals surface area contributed by atoms with Crippen molar-refractivity contribution in [2.75, 3.05) is 20.6 Å². The molecule has 0 aliphatic heterocycles. The van der Waals surface area contributed by atoms with Gasteiger partial charge >= 0.3 is 11.9 Å². The fourth-order valence-corrected chi connectivity index (χ4v) is 1.86. The first-order chi connectivity index (χ1) is 9.90. The highest BCUT2D eigenvalue weighted by atomic mass is 16.4. The van der Waals surface area contributed by atoms with Gasteiger partial charge < -0.3 is 10.2 Å². The molecule has 0 aromatic rings. The predicted molar refractivity (Wildman–Crippen MR) is 85.7 cm³/mol. The van der Waals surface area contributed by atoms with Crippen molar-refractivity contribution in [1.29, 1.82) is 0 Å². The van der Waals surface area contributed by atoms with Crippen LogP contribution in [0.1, 0.15) is 71.1 Å². The molecule has 5 nitrogen and oxygen atoms in total. The maximum Gasteiger partial charge on any atom is 0.317 e. The Bertz CT molecular complexity index is 255. The number of carboxylic acids is 2. The van der Waals surface area contributed by atoms with E-state index < -0.39 is 11.9 Å². The van der Waals surface area contributed by atoms with Crippen molar-refractivity contribution in [2.45, 2.75) is 71.1 Å². The molecule has 0 spiro atoms. The molecule has 0 aliphatic rings. The minimum Gasteiger partial charge on any atom is -0.481 e. The molecule has 0 rings (SSSR count). The number of unbranched alkanes of at least 4 members (excludes halogenated alkanes) is 8. The van der Waals surface area contributed by atoms with Gasteiger partial charge in [0, 0.05) is 6.42 Å². The first kappa shape index (κ1) is 22.2. The second kappa shape index (κ2) is 17.0. The van der Waals surface area contributed by atoms with Crippen LogP contribution in [0.15, 0.2) is 0 Å². The summed E-state index contributed by atoms with van der Waals surface area (Å²) >= 11 is 0. The zero-order chi connectivity index (χ0) is 16.5. The van der Waals surface area contributed by atoms with Crippen LogP contribution in [0.25, 0.3) is 0 Å². The molecular formula is C16H33NO4. The highest BCUT2D eigenvalue weighted by Crippen LogP contribution is 2.10. The maximum atomic E-state index is 10.2. The Hall–Kier alpha value is -1.10. The van der Waals surface area contributed by atoms with Crippen LogP contribution in [-0.2, 0) is 9.59 Å². The van der Waals surface area contributed by atoms with Crippen molar-refractivity contribution in [3.8, 4) is 0 Å². The van der Waals surface area contributed by atoms with Gasteiger partial charge in [0.05, 0.1) is 6.54 Å². The Morgan fingerprint density at radius 2 is 1.19 bits per heavy atom. The molecular weight excluding hydrogens is 270 g/mol. The Morgan fingerprint density at radius 3 is 1.48 bits per heavy atom. The van der Waals surface area contributed by atoms with Crippen LogP contribution < -0.4 is 0 Å². The molecule has 0 aliphatic carbocycles. The molecule has 0 unspecified atom stereocenters. The van der Waals surface area contributed by atoms with Crippen LogP contribution in [0, 0.1) is 0 Å². The van der Waals surface area contributed by atoms with E-state index >= 15 is 0 Å². The molecule has 126 valence electrons. The first-order valence-electron chi connectivity index (χ1n) is 7.98. The summed E-state index contributed by atoms with van der Waals surface area (Å²) in [5, 5.41) is 16.5. The quantitative estimate of drug-likeness (QED) is 0.538. The zero-order valence-electron chi connectivity index (χ0n) is 13.9. The van der Waals surface area contributed by atoms with Gasteiger partial charge in [-0.2, -0.15) is 0 Å². The number of likely N-dealkylation sites (N-methyl/N-ethyl adjacent to an activating group) is 1. The number of hydrogen-bond donors (Lipinski definition) is 2. The van der Waals surface area contributed by atoms with E-state index in [1.807, 2.05) is 0 Å². The standard InChI is InChI=1S/C12H24O2.C4H9NO2/c1-2-3-4-5-6-7-8-9-10-11-12(13)14;1-5(2)3-4(6)7/h2-11H2,1H3,(H,13,14);3H2,1-2H3,(H,6,7). The molecule has 2 N–H and O–H groups in total. The van der Waals surface area contributed by atoms with Crippen LogP contribution >= 0.6 is 0 Å². The molecule has 0 fully saturated rings. The monoisotopic (exact) mass is 303 g/mol. The summed E-state index contributed by atoms with van der Waals surface area (Å²) in [5.74, 6) is -1.45. The normalized spacial score (nSPS) is 10.1. The molecule has 0 saturated heterocycles. The number of nitrogens with zero attached hydrogens (tertiary/aromatic N) is 1.